The average Bonchev–Trinajstić information content (AvgIpc) is 3.55. The number of nitrogens with zero attached hydrogens (tertiary/aromatic N) is 1. The number of hydrogen-bond donors (Lipinski definition) is 4. The van der Waals surface area contributed by atoms with E-state index in [9.17, 15) is 13.5 Å². The number of aliphatic hydroxyl groups is 1. The van der Waals surface area contributed by atoms with Crippen molar-refractivity contribution in [2.45, 2.75) is 49.4 Å². The van der Waals surface area contributed by atoms with Gasteiger partial charge in [0.15, 0.2) is 0 Å². The summed E-state index contributed by atoms with van der Waals surface area (Å²) in [5, 5.41) is 22.2. The smallest absolute Gasteiger partial charge is 0.235 e. The quantitative estimate of drug-likeness (QED) is 0.319. The molecule has 1 heterocycles. The fourth-order valence-electron chi connectivity index (χ4n) is 4.14. The van der Waals surface area contributed by atoms with Crippen LogP contribution in [-0.4, -0.2) is 48.7 Å². The molecule has 2 aromatic carbocycles. The number of ether oxygens (including phenoxy) is 1. The van der Waals surface area contributed by atoms with Gasteiger partial charge in [-0.15, -0.1) is 0 Å². The molecule has 1 unspecified atom stereocenters. The van der Waals surface area contributed by atoms with E-state index >= 15 is 0 Å². The molecule has 8 nitrogen and oxygen atoms in total. The molecule has 2 aliphatic carbocycles. The van der Waals surface area contributed by atoms with Crippen molar-refractivity contribution < 1.29 is 18.3 Å². The van der Waals surface area contributed by atoms with Crippen molar-refractivity contribution in [3.05, 3.63) is 53.7 Å². The lowest BCUT2D eigenvalue weighted by molar-refractivity contribution is 0.172. The van der Waals surface area contributed by atoms with Gasteiger partial charge in [0.05, 0.1) is 16.9 Å². The second-order valence-corrected chi connectivity index (χ2v) is 10.9. The summed E-state index contributed by atoms with van der Waals surface area (Å²) in [6.45, 7) is 1.36. The summed E-state index contributed by atoms with van der Waals surface area (Å²) < 4.78 is 32.7. The predicted octanol–water partition coefficient (Wildman–Crippen LogP) is 3.44. The fourth-order valence-corrected chi connectivity index (χ4v) is 5.52. The zero-order valence-electron chi connectivity index (χ0n) is 18.5. The molecular formula is C24H30N4O4S. The van der Waals surface area contributed by atoms with Crippen molar-refractivity contribution >= 4 is 26.6 Å². The van der Waals surface area contributed by atoms with Gasteiger partial charge in [-0.3, -0.25) is 9.82 Å². The van der Waals surface area contributed by atoms with Crippen LogP contribution in [0.1, 0.15) is 55.4 Å². The Morgan fingerprint density at radius 3 is 2.76 bits per heavy atom. The van der Waals surface area contributed by atoms with Gasteiger partial charge >= 0.3 is 0 Å². The maximum Gasteiger partial charge on any atom is 0.235 e. The molecule has 9 heteroatoms. The summed E-state index contributed by atoms with van der Waals surface area (Å²) >= 11 is 0. The largest absolute Gasteiger partial charge is 0.492 e. The van der Waals surface area contributed by atoms with Crippen molar-refractivity contribution in [3.63, 3.8) is 0 Å². The highest BCUT2D eigenvalue weighted by atomic mass is 32.2. The molecule has 2 fully saturated rings. The van der Waals surface area contributed by atoms with E-state index in [-0.39, 0.29) is 5.25 Å². The Labute approximate surface area is 193 Å². The van der Waals surface area contributed by atoms with E-state index in [1.807, 2.05) is 12.1 Å². The summed E-state index contributed by atoms with van der Waals surface area (Å²) in [5.74, 6) is 1.38. The molecule has 0 aliphatic heterocycles. The number of benzene rings is 2. The Bertz CT molecular complexity index is 1220. The molecular weight excluding hydrogens is 440 g/mol. The molecule has 0 bridgehead atoms. The summed E-state index contributed by atoms with van der Waals surface area (Å²) in [4.78, 5) is 0. The number of aromatic amines is 1. The monoisotopic (exact) mass is 470 g/mol. The molecule has 176 valence electrons. The van der Waals surface area contributed by atoms with Gasteiger partial charge in [0, 0.05) is 41.8 Å². The summed E-state index contributed by atoms with van der Waals surface area (Å²) in [5.41, 5.74) is 3.31. The maximum absolute atomic E-state index is 12.1. The van der Waals surface area contributed by atoms with E-state index in [0.717, 1.165) is 11.3 Å². The molecule has 2 aliphatic rings. The van der Waals surface area contributed by atoms with E-state index in [1.165, 1.54) is 30.3 Å². The summed E-state index contributed by atoms with van der Waals surface area (Å²) in [7, 11) is -3.32. The van der Waals surface area contributed by atoms with Crippen LogP contribution < -0.4 is 14.8 Å². The Balaban J connectivity index is 1.08. The first-order chi connectivity index (χ1) is 16.0. The van der Waals surface area contributed by atoms with E-state index in [0.29, 0.717) is 49.7 Å². The number of nitrogens with one attached hydrogen (secondary N) is 3. The molecule has 0 spiro atoms. The van der Waals surface area contributed by atoms with Crippen LogP contribution in [0.3, 0.4) is 0 Å². The minimum absolute atomic E-state index is 0.286. The third-order valence-electron chi connectivity index (χ3n) is 6.45. The highest BCUT2D eigenvalue weighted by Crippen LogP contribution is 2.38. The van der Waals surface area contributed by atoms with Crippen LogP contribution in [0.2, 0.25) is 0 Å². The van der Waals surface area contributed by atoms with Crippen LogP contribution in [0.4, 0.5) is 5.69 Å². The van der Waals surface area contributed by atoms with Crippen molar-refractivity contribution in [2.24, 2.45) is 0 Å². The summed E-state index contributed by atoms with van der Waals surface area (Å²) in [6, 6.07) is 12.9. The fraction of sp³-hybridized carbons (Fsp3) is 0.458. The van der Waals surface area contributed by atoms with Gasteiger partial charge in [0.1, 0.15) is 12.4 Å². The molecule has 5 rings (SSSR count). The Hall–Kier alpha value is -2.62. The van der Waals surface area contributed by atoms with Gasteiger partial charge in [0.25, 0.3) is 0 Å². The highest BCUT2D eigenvalue weighted by molar-refractivity contribution is 7.93. The van der Waals surface area contributed by atoms with E-state index in [2.05, 4.69) is 26.3 Å². The van der Waals surface area contributed by atoms with Gasteiger partial charge < -0.3 is 15.2 Å². The minimum atomic E-state index is -3.32. The number of H-pyrrole nitrogens is 1. The first-order valence-electron chi connectivity index (χ1n) is 11.6. The molecule has 33 heavy (non-hydrogen) atoms. The Morgan fingerprint density at radius 1 is 1.15 bits per heavy atom. The van der Waals surface area contributed by atoms with Crippen LogP contribution in [0, 0.1) is 0 Å². The van der Waals surface area contributed by atoms with Crippen LogP contribution in [0.5, 0.6) is 5.75 Å². The van der Waals surface area contributed by atoms with Gasteiger partial charge in [-0.1, -0.05) is 18.6 Å². The molecule has 3 aromatic rings. The highest BCUT2D eigenvalue weighted by Gasteiger charge is 2.35. The van der Waals surface area contributed by atoms with E-state index < -0.39 is 16.1 Å². The predicted molar refractivity (Wildman–Crippen MR) is 128 cm³/mol. The summed E-state index contributed by atoms with van der Waals surface area (Å²) in [6.07, 6.45) is 4.42. The number of anilines is 1. The number of rotatable bonds is 11. The topological polar surface area (TPSA) is 116 Å². The van der Waals surface area contributed by atoms with Crippen molar-refractivity contribution in [1.82, 2.24) is 15.5 Å². The lowest BCUT2D eigenvalue weighted by Gasteiger charge is -2.24. The van der Waals surface area contributed by atoms with Crippen LogP contribution in [0.15, 0.2) is 42.5 Å². The molecule has 1 atom stereocenters. The number of fused-ring (bicyclic) bond motifs is 1. The lowest BCUT2D eigenvalue weighted by Crippen LogP contribution is -2.26. The van der Waals surface area contributed by atoms with Crippen LogP contribution in [0.25, 0.3) is 10.9 Å². The molecule has 1 aromatic heterocycles. The third kappa shape index (κ3) is 5.15. The number of hydrogen-bond acceptors (Lipinski definition) is 6. The Morgan fingerprint density at radius 2 is 2.00 bits per heavy atom. The zero-order chi connectivity index (χ0) is 22.8. The minimum Gasteiger partial charge on any atom is -0.492 e. The van der Waals surface area contributed by atoms with Crippen LogP contribution in [-0.2, 0) is 10.0 Å². The van der Waals surface area contributed by atoms with E-state index in [1.54, 1.807) is 24.3 Å². The Kier molecular flexibility index (Phi) is 6.27. The molecule has 0 saturated heterocycles. The van der Waals surface area contributed by atoms with Gasteiger partial charge in [-0.25, -0.2) is 8.42 Å². The van der Waals surface area contributed by atoms with Crippen molar-refractivity contribution in [3.8, 4) is 5.75 Å². The third-order valence-corrected chi connectivity index (χ3v) is 8.32. The van der Waals surface area contributed by atoms with Gasteiger partial charge in [-0.05, 0) is 55.5 Å². The maximum atomic E-state index is 12.1. The lowest BCUT2D eigenvalue weighted by atomic mass is 9.82. The average molecular weight is 471 g/mol. The molecule has 2 saturated carbocycles. The first-order valence-corrected chi connectivity index (χ1v) is 13.2. The SMILES string of the molecule is O=S(=O)(Nc1cccc(C(O)CNCCOc2ccc3c(C4CCC4)[nH]nc3c2)c1)C1CC1. The van der Waals surface area contributed by atoms with Gasteiger partial charge in [0.2, 0.25) is 10.0 Å². The molecule has 4 N–H and O–H groups in total. The molecule has 0 amide bonds. The van der Waals surface area contributed by atoms with Crippen LogP contribution >= 0.6 is 0 Å². The van der Waals surface area contributed by atoms with Crippen molar-refractivity contribution in [1.29, 1.82) is 0 Å². The van der Waals surface area contributed by atoms with Crippen molar-refractivity contribution in [2.75, 3.05) is 24.4 Å². The second-order valence-electron chi connectivity index (χ2n) is 8.98. The second kappa shape index (κ2) is 9.32. The van der Waals surface area contributed by atoms with E-state index in [4.69, 9.17) is 4.74 Å². The number of aliphatic hydroxyl groups excluding tert-OH is 1. The standard InChI is InChI=1S/C24H30N4O4S/c29-23(17-5-2-6-18(13-17)28-33(30,31)20-8-9-20)15-25-11-12-32-19-7-10-21-22(14-19)26-27-24(21)16-3-1-4-16/h2,5-7,10,13-14,16,20,23,25,28-29H,1,3-4,8-9,11-12,15H2,(H,26,27). The number of aromatic nitrogens is 2. The van der Waals surface area contributed by atoms with Gasteiger partial charge in [-0.2, -0.15) is 5.10 Å². The molecule has 0 radical (unpaired) electrons. The first kappa shape index (κ1) is 22.2. The number of sulfonamides is 1. The normalized spacial score (nSPS) is 17.6. The zero-order valence-corrected chi connectivity index (χ0v) is 19.3.